The van der Waals surface area contributed by atoms with Gasteiger partial charge in [-0.2, -0.15) is 0 Å². The summed E-state index contributed by atoms with van der Waals surface area (Å²) in [5.41, 5.74) is 4.77. The molecule has 0 unspecified atom stereocenters. The number of carbonyl (C=O) groups excluding carboxylic acids is 1. The minimum Gasteiger partial charge on any atom is -0.351 e. The zero-order valence-electron chi connectivity index (χ0n) is 15.7. The lowest BCUT2D eigenvalue weighted by atomic mass is 10.1. The van der Waals surface area contributed by atoms with Crippen LogP contribution in [0.4, 0.5) is 0 Å². The van der Waals surface area contributed by atoms with Gasteiger partial charge in [0.15, 0.2) is 0 Å². The molecule has 1 saturated heterocycles. The molecule has 2 aromatic rings. The summed E-state index contributed by atoms with van der Waals surface area (Å²) in [7, 11) is 0. The number of carbonyl (C=O) groups is 1. The fourth-order valence-electron chi connectivity index (χ4n) is 3.20. The molecule has 0 radical (unpaired) electrons. The number of nitrogens with zero attached hydrogens (tertiary/aromatic N) is 3. The standard InChI is InChI=1S/C21H28N4O/c1-17-5-7-19(8-6-17)14-23-21(26)16-25-12-10-24(11-13-25)15-20-4-3-9-22-18(20)2/h3-9H,10-16H2,1-2H3,(H,23,26). The average Bonchev–Trinajstić information content (AvgIpc) is 2.65. The molecule has 1 fully saturated rings. The highest BCUT2D eigenvalue weighted by Crippen LogP contribution is 2.10. The SMILES string of the molecule is Cc1ccc(CNC(=O)CN2CCN(Cc3cccnc3C)CC2)cc1. The Morgan fingerprint density at radius 3 is 2.42 bits per heavy atom. The molecule has 0 aliphatic carbocycles. The van der Waals surface area contributed by atoms with Gasteiger partial charge < -0.3 is 5.32 Å². The van der Waals surface area contributed by atoms with E-state index in [1.807, 2.05) is 12.3 Å². The molecule has 138 valence electrons. The Bertz CT molecular complexity index is 721. The number of hydrogen-bond acceptors (Lipinski definition) is 4. The highest BCUT2D eigenvalue weighted by molar-refractivity contribution is 5.78. The fourth-order valence-corrected chi connectivity index (χ4v) is 3.20. The van der Waals surface area contributed by atoms with Crippen LogP contribution in [0, 0.1) is 13.8 Å². The molecule has 3 rings (SSSR count). The van der Waals surface area contributed by atoms with Crippen LogP contribution in [-0.2, 0) is 17.9 Å². The molecule has 26 heavy (non-hydrogen) atoms. The minimum atomic E-state index is 0.0992. The minimum absolute atomic E-state index is 0.0992. The maximum absolute atomic E-state index is 12.2. The van der Waals surface area contributed by atoms with Crippen LogP contribution in [-0.4, -0.2) is 53.4 Å². The quantitative estimate of drug-likeness (QED) is 0.865. The molecule has 0 spiro atoms. The van der Waals surface area contributed by atoms with E-state index in [2.05, 4.69) is 64.3 Å². The zero-order chi connectivity index (χ0) is 18.4. The van der Waals surface area contributed by atoms with Gasteiger partial charge >= 0.3 is 0 Å². The number of aromatic nitrogens is 1. The van der Waals surface area contributed by atoms with Crippen molar-refractivity contribution in [3.63, 3.8) is 0 Å². The third-order valence-electron chi connectivity index (χ3n) is 4.95. The molecule has 1 N–H and O–H groups in total. The lowest BCUT2D eigenvalue weighted by molar-refractivity contribution is -0.122. The molecule has 1 aliphatic heterocycles. The number of pyridine rings is 1. The molecular weight excluding hydrogens is 324 g/mol. The second-order valence-electron chi connectivity index (χ2n) is 7.06. The van der Waals surface area contributed by atoms with Crippen molar-refractivity contribution >= 4 is 5.91 Å². The predicted molar refractivity (Wildman–Crippen MR) is 104 cm³/mol. The van der Waals surface area contributed by atoms with E-state index >= 15 is 0 Å². The molecule has 1 amide bonds. The van der Waals surface area contributed by atoms with E-state index in [1.165, 1.54) is 11.1 Å². The molecule has 1 aliphatic rings. The summed E-state index contributed by atoms with van der Waals surface area (Å²) in [4.78, 5) is 21.2. The summed E-state index contributed by atoms with van der Waals surface area (Å²) in [6.45, 7) is 9.97. The van der Waals surface area contributed by atoms with E-state index in [0.29, 0.717) is 13.1 Å². The van der Waals surface area contributed by atoms with Crippen LogP contribution < -0.4 is 5.32 Å². The Kier molecular flexibility index (Phi) is 6.36. The lowest BCUT2D eigenvalue weighted by Crippen LogP contribution is -2.49. The van der Waals surface area contributed by atoms with Crippen LogP contribution in [0.2, 0.25) is 0 Å². The van der Waals surface area contributed by atoms with Crippen molar-refractivity contribution in [3.05, 3.63) is 65.0 Å². The molecule has 0 atom stereocenters. The van der Waals surface area contributed by atoms with Gasteiger partial charge in [-0.3, -0.25) is 19.6 Å². The van der Waals surface area contributed by atoms with Gasteiger partial charge in [-0.1, -0.05) is 35.9 Å². The first kappa shape index (κ1) is 18.5. The summed E-state index contributed by atoms with van der Waals surface area (Å²) in [6, 6.07) is 12.4. The van der Waals surface area contributed by atoms with Crippen LogP contribution in [0.15, 0.2) is 42.6 Å². The highest BCUT2D eigenvalue weighted by atomic mass is 16.2. The third kappa shape index (κ3) is 5.38. The van der Waals surface area contributed by atoms with E-state index in [1.54, 1.807) is 0 Å². The molecule has 2 heterocycles. The van der Waals surface area contributed by atoms with Crippen molar-refractivity contribution in [2.45, 2.75) is 26.9 Å². The van der Waals surface area contributed by atoms with E-state index in [0.717, 1.165) is 44.0 Å². The predicted octanol–water partition coefficient (Wildman–Crippen LogP) is 2.13. The van der Waals surface area contributed by atoms with E-state index in [9.17, 15) is 4.79 Å². The van der Waals surface area contributed by atoms with Gasteiger partial charge in [0.2, 0.25) is 5.91 Å². The maximum atomic E-state index is 12.2. The largest absolute Gasteiger partial charge is 0.351 e. The third-order valence-corrected chi connectivity index (χ3v) is 4.95. The highest BCUT2D eigenvalue weighted by Gasteiger charge is 2.19. The molecule has 0 saturated carbocycles. The Balaban J connectivity index is 1.38. The molecular formula is C21H28N4O. The first-order chi connectivity index (χ1) is 12.6. The topological polar surface area (TPSA) is 48.5 Å². The Morgan fingerprint density at radius 1 is 1.04 bits per heavy atom. The van der Waals surface area contributed by atoms with Crippen molar-refractivity contribution in [3.8, 4) is 0 Å². The van der Waals surface area contributed by atoms with Gasteiger partial charge in [-0.05, 0) is 31.0 Å². The first-order valence-electron chi connectivity index (χ1n) is 9.27. The second-order valence-corrected chi connectivity index (χ2v) is 7.06. The fraction of sp³-hybridized carbons (Fsp3) is 0.429. The van der Waals surface area contributed by atoms with Gasteiger partial charge in [0.05, 0.1) is 6.54 Å². The smallest absolute Gasteiger partial charge is 0.234 e. The Hall–Kier alpha value is -2.24. The maximum Gasteiger partial charge on any atom is 0.234 e. The first-order valence-corrected chi connectivity index (χ1v) is 9.27. The van der Waals surface area contributed by atoms with Crippen molar-refractivity contribution < 1.29 is 4.79 Å². The number of amides is 1. The second kappa shape index (κ2) is 8.92. The summed E-state index contributed by atoms with van der Waals surface area (Å²) in [6.07, 6.45) is 1.84. The Labute approximate surface area is 156 Å². The molecule has 1 aromatic carbocycles. The van der Waals surface area contributed by atoms with Gasteiger partial charge in [-0.25, -0.2) is 0 Å². The number of rotatable bonds is 6. The summed E-state index contributed by atoms with van der Waals surface area (Å²) >= 11 is 0. The normalized spacial score (nSPS) is 15.8. The molecule has 5 nitrogen and oxygen atoms in total. The van der Waals surface area contributed by atoms with Crippen LogP contribution >= 0.6 is 0 Å². The number of aryl methyl sites for hydroxylation is 2. The van der Waals surface area contributed by atoms with Crippen molar-refractivity contribution in [2.75, 3.05) is 32.7 Å². The van der Waals surface area contributed by atoms with E-state index in [4.69, 9.17) is 0 Å². The summed E-state index contributed by atoms with van der Waals surface area (Å²) < 4.78 is 0. The van der Waals surface area contributed by atoms with Gasteiger partial charge in [0.25, 0.3) is 0 Å². The molecule has 5 heteroatoms. The van der Waals surface area contributed by atoms with Crippen molar-refractivity contribution in [1.82, 2.24) is 20.1 Å². The monoisotopic (exact) mass is 352 g/mol. The zero-order valence-corrected chi connectivity index (χ0v) is 15.7. The van der Waals surface area contributed by atoms with Crippen LogP contribution in [0.5, 0.6) is 0 Å². The lowest BCUT2D eigenvalue weighted by Gasteiger charge is -2.34. The van der Waals surface area contributed by atoms with Crippen LogP contribution in [0.3, 0.4) is 0 Å². The molecule has 1 aromatic heterocycles. The number of benzene rings is 1. The Morgan fingerprint density at radius 2 is 1.73 bits per heavy atom. The van der Waals surface area contributed by atoms with Gasteiger partial charge in [-0.15, -0.1) is 0 Å². The van der Waals surface area contributed by atoms with Crippen molar-refractivity contribution in [1.29, 1.82) is 0 Å². The molecule has 0 bridgehead atoms. The summed E-state index contributed by atoms with van der Waals surface area (Å²) in [5.74, 6) is 0.0992. The van der Waals surface area contributed by atoms with E-state index in [-0.39, 0.29) is 5.91 Å². The van der Waals surface area contributed by atoms with Crippen molar-refractivity contribution in [2.24, 2.45) is 0 Å². The van der Waals surface area contributed by atoms with Gasteiger partial charge in [0.1, 0.15) is 0 Å². The average molecular weight is 352 g/mol. The van der Waals surface area contributed by atoms with Crippen LogP contribution in [0.1, 0.15) is 22.4 Å². The number of hydrogen-bond donors (Lipinski definition) is 1. The number of piperazine rings is 1. The van der Waals surface area contributed by atoms with Gasteiger partial charge in [0, 0.05) is 51.2 Å². The van der Waals surface area contributed by atoms with E-state index < -0.39 is 0 Å². The number of nitrogens with one attached hydrogen (secondary N) is 1. The summed E-state index contributed by atoms with van der Waals surface area (Å²) in [5, 5.41) is 3.02. The van der Waals surface area contributed by atoms with Crippen LogP contribution in [0.25, 0.3) is 0 Å².